The van der Waals surface area contributed by atoms with E-state index in [1.165, 1.54) is 6.07 Å². The second-order valence-electron chi connectivity index (χ2n) is 3.04. The predicted octanol–water partition coefficient (Wildman–Crippen LogP) is -0.460. The third kappa shape index (κ3) is 3.55. The molecule has 1 heterocycles. The lowest BCUT2D eigenvalue weighted by Crippen LogP contribution is -2.33. The molecule has 0 spiro atoms. The van der Waals surface area contributed by atoms with Gasteiger partial charge in [0.05, 0.1) is 11.6 Å². The first kappa shape index (κ1) is 13.7. The molecule has 0 saturated heterocycles. The molecule has 7 nitrogen and oxygen atoms in total. The smallest absolute Gasteiger partial charge is 0.242 e. The highest BCUT2D eigenvalue weighted by molar-refractivity contribution is 7.89. The first-order valence-electron chi connectivity index (χ1n) is 4.48. The van der Waals surface area contributed by atoms with Crippen molar-refractivity contribution in [3.63, 3.8) is 0 Å². The molecule has 0 fully saturated rings. The van der Waals surface area contributed by atoms with Crippen molar-refractivity contribution >= 4 is 33.3 Å². The van der Waals surface area contributed by atoms with Crippen molar-refractivity contribution in [2.75, 3.05) is 18.9 Å². The molecular weight excluding hydrogens is 268 g/mol. The minimum atomic E-state index is -3.83. The molecule has 1 aromatic heterocycles. The Morgan fingerprint density at radius 1 is 1.59 bits per heavy atom. The second-order valence-corrected chi connectivity index (χ2v) is 5.22. The molecule has 4 N–H and O–H groups in total. The summed E-state index contributed by atoms with van der Waals surface area (Å²) in [5.41, 5.74) is 4.84. The van der Waals surface area contributed by atoms with Crippen molar-refractivity contribution in [3.05, 3.63) is 17.3 Å². The van der Waals surface area contributed by atoms with E-state index in [0.29, 0.717) is 5.82 Å². The van der Waals surface area contributed by atoms with E-state index in [4.69, 9.17) is 17.3 Å². The lowest BCUT2D eigenvalue weighted by atomic mass is 10.4. The lowest BCUT2D eigenvalue weighted by Gasteiger charge is -2.07. The number of hydrogen-bond acceptors (Lipinski definition) is 5. The summed E-state index contributed by atoms with van der Waals surface area (Å²) >= 11 is 5.79. The Morgan fingerprint density at radius 2 is 2.24 bits per heavy atom. The zero-order valence-corrected chi connectivity index (χ0v) is 10.5. The quantitative estimate of drug-likeness (QED) is 0.674. The lowest BCUT2D eigenvalue weighted by molar-refractivity contribution is -0.116. The summed E-state index contributed by atoms with van der Waals surface area (Å²) in [5, 5.41) is 2.85. The van der Waals surface area contributed by atoms with Gasteiger partial charge in [0, 0.05) is 13.2 Å². The molecule has 0 aliphatic rings. The minimum absolute atomic E-state index is 0.136. The number of sulfonamides is 1. The van der Waals surface area contributed by atoms with Crippen LogP contribution in [0.2, 0.25) is 5.02 Å². The average molecular weight is 279 g/mol. The van der Waals surface area contributed by atoms with Crippen molar-refractivity contribution in [1.29, 1.82) is 0 Å². The molecule has 0 radical (unpaired) electrons. The SMILES string of the molecule is CNc1ncc(S(=O)(=O)NCC(N)=O)cc1Cl. The molecule has 0 aliphatic heterocycles. The van der Waals surface area contributed by atoms with Gasteiger partial charge in [-0.3, -0.25) is 4.79 Å². The van der Waals surface area contributed by atoms with Crippen LogP contribution in [0.25, 0.3) is 0 Å². The number of nitrogens with two attached hydrogens (primary N) is 1. The molecule has 0 saturated carbocycles. The van der Waals surface area contributed by atoms with Gasteiger partial charge in [0.25, 0.3) is 0 Å². The Bertz CT molecular complexity index is 532. The zero-order valence-electron chi connectivity index (χ0n) is 8.90. The fourth-order valence-corrected chi connectivity index (χ4v) is 2.29. The van der Waals surface area contributed by atoms with E-state index in [1.807, 2.05) is 4.72 Å². The minimum Gasteiger partial charge on any atom is -0.372 e. The van der Waals surface area contributed by atoms with Gasteiger partial charge in [0.2, 0.25) is 15.9 Å². The molecule has 0 aliphatic carbocycles. The molecule has 0 bridgehead atoms. The van der Waals surface area contributed by atoms with Crippen LogP contribution in [-0.4, -0.2) is 32.9 Å². The normalized spacial score (nSPS) is 11.2. The number of hydrogen-bond donors (Lipinski definition) is 3. The first-order chi connectivity index (χ1) is 7.86. The molecule has 17 heavy (non-hydrogen) atoms. The highest BCUT2D eigenvalue weighted by atomic mass is 35.5. The topological polar surface area (TPSA) is 114 Å². The van der Waals surface area contributed by atoms with Gasteiger partial charge in [0.1, 0.15) is 10.7 Å². The van der Waals surface area contributed by atoms with E-state index in [1.54, 1.807) is 7.05 Å². The third-order valence-electron chi connectivity index (χ3n) is 1.80. The van der Waals surface area contributed by atoms with E-state index in [0.717, 1.165) is 6.20 Å². The van der Waals surface area contributed by atoms with Crippen LogP contribution in [0.5, 0.6) is 0 Å². The number of primary amides is 1. The third-order valence-corrected chi connectivity index (χ3v) is 3.46. The van der Waals surface area contributed by atoms with Crippen molar-refractivity contribution in [2.45, 2.75) is 4.90 Å². The molecule has 0 atom stereocenters. The molecule has 94 valence electrons. The van der Waals surface area contributed by atoms with Crippen LogP contribution in [-0.2, 0) is 14.8 Å². The number of nitrogens with zero attached hydrogens (tertiary/aromatic N) is 1. The summed E-state index contributed by atoms with van der Waals surface area (Å²) in [7, 11) is -2.22. The Balaban J connectivity index is 2.99. The number of halogens is 1. The summed E-state index contributed by atoms with van der Waals surface area (Å²) in [6.45, 7) is -0.478. The molecule has 1 aromatic rings. The van der Waals surface area contributed by atoms with Gasteiger partial charge in [-0.1, -0.05) is 11.6 Å². The summed E-state index contributed by atoms with van der Waals surface area (Å²) in [4.78, 5) is 14.2. The zero-order chi connectivity index (χ0) is 13.1. The van der Waals surface area contributed by atoms with Gasteiger partial charge in [-0.05, 0) is 6.07 Å². The fraction of sp³-hybridized carbons (Fsp3) is 0.250. The second kappa shape index (κ2) is 5.30. The van der Waals surface area contributed by atoms with Gasteiger partial charge in [-0.25, -0.2) is 18.1 Å². The van der Waals surface area contributed by atoms with Crippen LogP contribution >= 0.6 is 11.6 Å². The monoisotopic (exact) mass is 278 g/mol. The maximum absolute atomic E-state index is 11.7. The van der Waals surface area contributed by atoms with Crippen molar-refractivity contribution in [3.8, 4) is 0 Å². The molecule has 9 heteroatoms. The van der Waals surface area contributed by atoms with Gasteiger partial charge in [-0.2, -0.15) is 0 Å². The molecule has 1 rings (SSSR count). The Hall–Kier alpha value is -1.38. The number of nitrogens with one attached hydrogen (secondary N) is 2. The van der Waals surface area contributed by atoms with E-state index < -0.39 is 22.5 Å². The maximum atomic E-state index is 11.7. The number of carbonyl (C=O) groups excluding carboxylic acids is 1. The Kier molecular flexibility index (Phi) is 4.27. The van der Waals surface area contributed by atoms with E-state index in [9.17, 15) is 13.2 Å². The van der Waals surface area contributed by atoms with Gasteiger partial charge in [0.15, 0.2) is 0 Å². The van der Waals surface area contributed by atoms with Crippen LogP contribution < -0.4 is 15.8 Å². The van der Waals surface area contributed by atoms with Crippen molar-refractivity contribution < 1.29 is 13.2 Å². The number of pyridine rings is 1. The standard InChI is InChI=1S/C8H11ClN4O3S/c1-11-8-6(9)2-5(3-12-8)17(15,16)13-4-7(10)14/h2-3,13H,4H2,1H3,(H2,10,14)(H,11,12). The van der Waals surface area contributed by atoms with Crippen LogP contribution in [0.3, 0.4) is 0 Å². The largest absolute Gasteiger partial charge is 0.372 e. The number of carbonyl (C=O) groups is 1. The first-order valence-corrected chi connectivity index (χ1v) is 6.34. The highest BCUT2D eigenvalue weighted by Gasteiger charge is 2.16. The van der Waals surface area contributed by atoms with E-state index >= 15 is 0 Å². The molecule has 1 amide bonds. The van der Waals surface area contributed by atoms with Gasteiger partial charge < -0.3 is 11.1 Å². The van der Waals surface area contributed by atoms with Crippen LogP contribution in [0, 0.1) is 0 Å². The highest BCUT2D eigenvalue weighted by Crippen LogP contribution is 2.21. The average Bonchev–Trinajstić information content (AvgIpc) is 2.26. The van der Waals surface area contributed by atoms with Crippen LogP contribution in [0.15, 0.2) is 17.2 Å². The summed E-state index contributed by atoms with van der Waals surface area (Å²) in [5.74, 6) is -0.417. The molecule has 0 aromatic carbocycles. The number of anilines is 1. The summed E-state index contributed by atoms with van der Waals surface area (Å²) < 4.78 is 25.3. The number of amides is 1. The summed E-state index contributed by atoms with van der Waals surface area (Å²) in [6.07, 6.45) is 1.13. The Morgan fingerprint density at radius 3 is 2.71 bits per heavy atom. The predicted molar refractivity (Wildman–Crippen MR) is 63.2 cm³/mol. The van der Waals surface area contributed by atoms with E-state index in [-0.39, 0.29) is 9.92 Å². The Labute approximate surface area is 103 Å². The number of aromatic nitrogens is 1. The van der Waals surface area contributed by atoms with Crippen LogP contribution in [0.1, 0.15) is 0 Å². The molecule has 0 unspecified atom stereocenters. The van der Waals surface area contributed by atoms with Crippen molar-refractivity contribution in [1.82, 2.24) is 9.71 Å². The maximum Gasteiger partial charge on any atom is 0.242 e. The van der Waals surface area contributed by atoms with Gasteiger partial charge in [-0.15, -0.1) is 0 Å². The fourth-order valence-electron chi connectivity index (χ4n) is 1.00. The van der Waals surface area contributed by atoms with Crippen LogP contribution in [0.4, 0.5) is 5.82 Å². The summed E-state index contributed by atoms with van der Waals surface area (Å²) in [6, 6.07) is 1.23. The van der Waals surface area contributed by atoms with E-state index in [2.05, 4.69) is 10.3 Å². The molecular formula is C8H11ClN4O3S. The number of rotatable bonds is 5. The van der Waals surface area contributed by atoms with Gasteiger partial charge >= 0.3 is 0 Å². The van der Waals surface area contributed by atoms with Crippen molar-refractivity contribution in [2.24, 2.45) is 5.73 Å².